The highest BCUT2D eigenvalue weighted by Gasteiger charge is 2.12. The van der Waals surface area contributed by atoms with E-state index in [1.54, 1.807) is 0 Å². The largest absolute Gasteiger partial charge is 0.489 e. The summed E-state index contributed by atoms with van der Waals surface area (Å²) in [6, 6.07) is 17.1. The van der Waals surface area contributed by atoms with Gasteiger partial charge in [-0.05, 0) is 23.3 Å². The predicted octanol–water partition coefficient (Wildman–Crippen LogP) is 3.33. The number of nitrogens with zero attached hydrogens (tertiary/aromatic N) is 1. The number of carbonyl (C=O) groups excluding carboxylic acids is 1. The molecule has 0 fully saturated rings. The maximum Gasteiger partial charge on any atom is 0.407 e. The van der Waals surface area contributed by atoms with E-state index in [0.717, 1.165) is 17.4 Å². The predicted molar refractivity (Wildman–Crippen MR) is 86.3 cm³/mol. The minimum atomic E-state index is -1.04. The van der Waals surface area contributed by atoms with Crippen molar-refractivity contribution in [2.24, 2.45) is 0 Å². The van der Waals surface area contributed by atoms with Crippen molar-refractivity contribution in [1.82, 2.24) is 4.90 Å². The van der Waals surface area contributed by atoms with Crippen molar-refractivity contribution in [3.63, 3.8) is 0 Å². The number of aldehydes is 1. The van der Waals surface area contributed by atoms with E-state index in [9.17, 15) is 9.59 Å². The Hall–Kier alpha value is -2.82. The monoisotopic (exact) mass is 313 g/mol. The standard InChI is InChI=1S/C18H19NO4/c20-11-5-10-19(18(21)22)13-16-8-4-9-17(12-16)23-14-15-6-2-1-3-7-15/h1-4,6-9,11-12H,5,10,13-14H2,(H,21,22). The van der Waals surface area contributed by atoms with Crippen LogP contribution in [-0.4, -0.2) is 28.9 Å². The molecular weight excluding hydrogens is 294 g/mol. The van der Waals surface area contributed by atoms with Gasteiger partial charge in [0.2, 0.25) is 0 Å². The summed E-state index contributed by atoms with van der Waals surface area (Å²) in [6.07, 6.45) is -0.131. The number of hydrogen-bond acceptors (Lipinski definition) is 3. The average Bonchev–Trinajstić information content (AvgIpc) is 2.58. The molecule has 0 spiro atoms. The van der Waals surface area contributed by atoms with Crippen LogP contribution in [-0.2, 0) is 17.9 Å². The third-order valence-corrected chi connectivity index (χ3v) is 3.31. The van der Waals surface area contributed by atoms with Gasteiger partial charge >= 0.3 is 6.09 Å². The number of ether oxygens (including phenoxy) is 1. The second-order valence-corrected chi connectivity index (χ2v) is 5.08. The number of rotatable bonds is 8. The van der Waals surface area contributed by atoms with Crippen LogP contribution in [0.3, 0.4) is 0 Å². The van der Waals surface area contributed by atoms with Gasteiger partial charge in [-0.15, -0.1) is 0 Å². The minimum absolute atomic E-state index is 0.188. The summed E-state index contributed by atoms with van der Waals surface area (Å²) in [6.45, 7) is 0.873. The lowest BCUT2D eigenvalue weighted by molar-refractivity contribution is -0.108. The van der Waals surface area contributed by atoms with Gasteiger partial charge in [-0.2, -0.15) is 0 Å². The van der Waals surface area contributed by atoms with Crippen LogP contribution in [0.5, 0.6) is 5.75 Å². The van der Waals surface area contributed by atoms with Gasteiger partial charge in [0, 0.05) is 19.5 Å². The fourth-order valence-electron chi connectivity index (χ4n) is 2.15. The lowest BCUT2D eigenvalue weighted by atomic mass is 10.2. The van der Waals surface area contributed by atoms with Crippen LogP contribution in [0.4, 0.5) is 4.79 Å². The first kappa shape index (κ1) is 16.5. The Morgan fingerprint density at radius 1 is 1.09 bits per heavy atom. The molecule has 2 rings (SSSR count). The number of carboxylic acid groups (broad SMARTS) is 1. The third kappa shape index (κ3) is 5.47. The van der Waals surface area contributed by atoms with Crippen molar-refractivity contribution in [1.29, 1.82) is 0 Å². The van der Waals surface area contributed by atoms with Gasteiger partial charge in [0.15, 0.2) is 0 Å². The summed E-state index contributed by atoms with van der Waals surface area (Å²) >= 11 is 0. The molecule has 0 bridgehead atoms. The van der Waals surface area contributed by atoms with Gasteiger partial charge in [0.05, 0.1) is 0 Å². The molecule has 0 aliphatic carbocycles. The van der Waals surface area contributed by atoms with Crippen molar-refractivity contribution >= 4 is 12.4 Å². The van der Waals surface area contributed by atoms with Gasteiger partial charge in [-0.1, -0.05) is 42.5 Å². The molecule has 5 nitrogen and oxygen atoms in total. The van der Waals surface area contributed by atoms with Gasteiger partial charge < -0.3 is 19.5 Å². The zero-order valence-electron chi connectivity index (χ0n) is 12.7. The van der Waals surface area contributed by atoms with Crippen molar-refractivity contribution in [2.75, 3.05) is 6.54 Å². The summed E-state index contributed by atoms with van der Waals surface area (Å²) in [5.41, 5.74) is 1.89. The molecule has 2 aromatic rings. The maximum atomic E-state index is 11.2. The molecule has 120 valence electrons. The van der Waals surface area contributed by atoms with Gasteiger partial charge in [0.1, 0.15) is 18.6 Å². The Morgan fingerprint density at radius 2 is 1.83 bits per heavy atom. The molecule has 0 heterocycles. The Bertz CT molecular complexity index is 642. The average molecular weight is 313 g/mol. The highest BCUT2D eigenvalue weighted by atomic mass is 16.5. The van der Waals surface area contributed by atoms with E-state index >= 15 is 0 Å². The Balaban J connectivity index is 1.98. The molecule has 23 heavy (non-hydrogen) atoms. The van der Waals surface area contributed by atoms with Crippen LogP contribution in [0.15, 0.2) is 54.6 Å². The Morgan fingerprint density at radius 3 is 2.52 bits per heavy atom. The van der Waals surface area contributed by atoms with E-state index in [1.807, 2.05) is 54.6 Å². The van der Waals surface area contributed by atoms with Gasteiger partial charge in [0.25, 0.3) is 0 Å². The highest BCUT2D eigenvalue weighted by molar-refractivity contribution is 5.65. The fraction of sp³-hybridized carbons (Fsp3) is 0.222. The van der Waals surface area contributed by atoms with Crippen LogP contribution in [0.1, 0.15) is 17.5 Å². The summed E-state index contributed by atoms with van der Waals surface area (Å²) in [5.74, 6) is 0.687. The Labute approximate surface area is 135 Å². The van der Waals surface area contributed by atoms with E-state index in [-0.39, 0.29) is 19.5 Å². The molecule has 1 amide bonds. The zero-order chi connectivity index (χ0) is 16.5. The second kappa shape index (κ2) is 8.58. The lowest BCUT2D eigenvalue weighted by Gasteiger charge is -2.18. The smallest absolute Gasteiger partial charge is 0.407 e. The van der Waals surface area contributed by atoms with Gasteiger partial charge in [-0.3, -0.25) is 0 Å². The van der Waals surface area contributed by atoms with Crippen LogP contribution in [0.25, 0.3) is 0 Å². The minimum Gasteiger partial charge on any atom is -0.489 e. The molecule has 0 saturated carbocycles. The lowest BCUT2D eigenvalue weighted by Crippen LogP contribution is -2.30. The first-order valence-corrected chi connectivity index (χ1v) is 7.36. The summed E-state index contributed by atoms with van der Waals surface area (Å²) in [4.78, 5) is 22.8. The van der Waals surface area contributed by atoms with Crippen LogP contribution in [0.2, 0.25) is 0 Å². The van der Waals surface area contributed by atoms with Crippen LogP contribution >= 0.6 is 0 Å². The van der Waals surface area contributed by atoms with Crippen molar-refractivity contribution in [2.45, 2.75) is 19.6 Å². The van der Waals surface area contributed by atoms with E-state index < -0.39 is 6.09 Å². The van der Waals surface area contributed by atoms with Crippen molar-refractivity contribution in [3.05, 3.63) is 65.7 Å². The third-order valence-electron chi connectivity index (χ3n) is 3.31. The summed E-state index contributed by atoms with van der Waals surface area (Å²) in [5, 5.41) is 9.16. The first-order valence-electron chi connectivity index (χ1n) is 7.36. The molecule has 2 aromatic carbocycles. The number of amides is 1. The number of carbonyl (C=O) groups is 2. The molecule has 0 aliphatic rings. The van der Waals surface area contributed by atoms with E-state index in [4.69, 9.17) is 9.84 Å². The van der Waals surface area contributed by atoms with Crippen molar-refractivity contribution in [3.8, 4) is 5.75 Å². The molecule has 0 aliphatic heterocycles. The summed E-state index contributed by atoms with van der Waals surface area (Å²) in [7, 11) is 0. The Kier molecular flexibility index (Phi) is 6.17. The highest BCUT2D eigenvalue weighted by Crippen LogP contribution is 2.17. The molecule has 0 unspecified atom stereocenters. The first-order chi connectivity index (χ1) is 11.2. The second-order valence-electron chi connectivity index (χ2n) is 5.08. The van der Waals surface area contributed by atoms with Crippen LogP contribution < -0.4 is 4.74 Å². The molecular formula is C18H19NO4. The molecule has 0 atom stereocenters. The van der Waals surface area contributed by atoms with E-state index in [1.165, 1.54) is 4.90 Å². The molecule has 1 N–H and O–H groups in total. The van der Waals surface area contributed by atoms with Gasteiger partial charge in [-0.25, -0.2) is 4.79 Å². The quantitative estimate of drug-likeness (QED) is 0.759. The SMILES string of the molecule is O=CCCN(Cc1cccc(OCc2ccccc2)c1)C(=O)O. The number of benzene rings is 2. The molecule has 0 radical (unpaired) electrons. The molecule has 0 aromatic heterocycles. The molecule has 0 saturated heterocycles. The molecule has 5 heteroatoms. The zero-order valence-corrected chi connectivity index (χ0v) is 12.7. The number of hydrogen-bond donors (Lipinski definition) is 1. The topological polar surface area (TPSA) is 66.8 Å². The maximum absolute atomic E-state index is 11.2. The van der Waals surface area contributed by atoms with E-state index in [0.29, 0.717) is 12.4 Å². The fourth-order valence-corrected chi connectivity index (χ4v) is 2.15. The van der Waals surface area contributed by atoms with E-state index in [2.05, 4.69) is 0 Å². The summed E-state index contributed by atoms with van der Waals surface area (Å²) < 4.78 is 5.73. The van der Waals surface area contributed by atoms with Crippen molar-refractivity contribution < 1.29 is 19.4 Å². The van der Waals surface area contributed by atoms with Crippen LogP contribution in [0, 0.1) is 0 Å². The normalized spacial score (nSPS) is 10.1.